The Bertz CT molecular complexity index is 494. The summed E-state index contributed by atoms with van der Waals surface area (Å²) in [5.41, 5.74) is 7.70. The summed E-state index contributed by atoms with van der Waals surface area (Å²) in [4.78, 5) is 2.43. The second-order valence-corrected chi connectivity index (χ2v) is 3.24. The van der Waals surface area contributed by atoms with Gasteiger partial charge < -0.3 is 10.2 Å². The molecule has 0 bridgehead atoms. The zero-order chi connectivity index (χ0) is 12.8. The van der Waals surface area contributed by atoms with Crippen molar-refractivity contribution in [3.63, 3.8) is 0 Å². The number of hydrogen-bond acceptors (Lipinski definition) is 4. The molecule has 6 nitrogen and oxygen atoms in total. The number of aliphatic hydroxyl groups excluding tert-OH is 2. The molecule has 88 valence electrons. The number of rotatable bonds is 4. The van der Waals surface area contributed by atoms with E-state index in [9.17, 15) is 14.6 Å². The van der Waals surface area contributed by atoms with Crippen molar-refractivity contribution in [3.8, 4) is 6.07 Å². The average molecular weight is 236 g/mol. The molecule has 0 radical (unpaired) electrons. The van der Waals surface area contributed by atoms with Gasteiger partial charge >= 0.3 is 0 Å². The van der Waals surface area contributed by atoms with E-state index >= 15 is 0 Å². The average Bonchev–Trinajstić information content (AvgIpc) is 2.34. The number of nitrogens with zero attached hydrogens (tertiary/aromatic N) is 4. The van der Waals surface area contributed by atoms with Crippen LogP contribution >= 0.6 is 0 Å². The molecule has 0 aliphatic carbocycles. The van der Waals surface area contributed by atoms with Crippen LogP contribution in [-0.2, 0) is 0 Å². The Morgan fingerprint density at radius 2 is 2.24 bits per heavy atom. The first-order valence-corrected chi connectivity index (χ1v) is 4.67. The van der Waals surface area contributed by atoms with Crippen LogP contribution in [0.3, 0.4) is 0 Å². The van der Waals surface area contributed by atoms with Crippen LogP contribution in [-0.4, -0.2) is 22.9 Å². The number of nitriles is 1. The molecule has 2 atom stereocenters. The third-order valence-corrected chi connectivity index (χ3v) is 2.17. The van der Waals surface area contributed by atoms with Gasteiger partial charge in [-0.3, -0.25) is 0 Å². The predicted octanol–water partition coefficient (Wildman–Crippen LogP) is 1.40. The molecule has 2 unspecified atom stereocenters. The van der Waals surface area contributed by atoms with Crippen molar-refractivity contribution in [2.24, 2.45) is 5.11 Å². The summed E-state index contributed by atoms with van der Waals surface area (Å²) in [7, 11) is 0. The summed E-state index contributed by atoms with van der Waals surface area (Å²) < 4.78 is 13.2. The lowest BCUT2D eigenvalue weighted by Gasteiger charge is -2.17. The summed E-state index contributed by atoms with van der Waals surface area (Å²) in [6.45, 7) is -0.362. The highest BCUT2D eigenvalue weighted by molar-refractivity contribution is 5.40. The maximum Gasteiger partial charge on any atom is 0.141 e. The Morgan fingerprint density at radius 3 is 2.82 bits per heavy atom. The quantitative estimate of drug-likeness (QED) is 0.467. The van der Waals surface area contributed by atoms with Gasteiger partial charge in [-0.05, 0) is 11.6 Å². The fourth-order valence-corrected chi connectivity index (χ4v) is 1.33. The van der Waals surface area contributed by atoms with Crippen LogP contribution in [0.4, 0.5) is 4.39 Å². The van der Waals surface area contributed by atoms with Gasteiger partial charge in [-0.25, -0.2) is 4.39 Å². The minimum absolute atomic E-state index is 0.0341. The van der Waals surface area contributed by atoms with Gasteiger partial charge in [0, 0.05) is 10.5 Å². The minimum Gasteiger partial charge on any atom is -0.390 e. The van der Waals surface area contributed by atoms with E-state index in [1.54, 1.807) is 6.07 Å². The summed E-state index contributed by atoms with van der Waals surface area (Å²) in [5.74, 6) is -0.778. The van der Waals surface area contributed by atoms with Gasteiger partial charge in [-0.15, -0.1) is 0 Å². The van der Waals surface area contributed by atoms with Crippen molar-refractivity contribution in [2.75, 3.05) is 6.54 Å². The highest BCUT2D eigenvalue weighted by Crippen LogP contribution is 2.23. The molecule has 1 aromatic carbocycles. The summed E-state index contributed by atoms with van der Waals surface area (Å²) in [6.07, 6.45) is -2.87. The second kappa shape index (κ2) is 5.82. The van der Waals surface area contributed by atoms with E-state index in [0.717, 1.165) is 6.07 Å². The molecule has 0 aliphatic heterocycles. The molecular formula is C10H9FN4O2. The third-order valence-electron chi connectivity index (χ3n) is 2.17. The van der Waals surface area contributed by atoms with Gasteiger partial charge in [0.1, 0.15) is 18.0 Å². The molecule has 17 heavy (non-hydrogen) atoms. The smallest absolute Gasteiger partial charge is 0.141 e. The normalized spacial score (nSPS) is 13.3. The van der Waals surface area contributed by atoms with Crippen molar-refractivity contribution in [2.45, 2.75) is 12.2 Å². The predicted molar refractivity (Wildman–Crippen MR) is 56.1 cm³/mol. The Kier molecular flexibility index (Phi) is 4.43. The van der Waals surface area contributed by atoms with Gasteiger partial charge in [0.15, 0.2) is 0 Å². The summed E-state index contributed by atoms with van der Waals surface area (Å²) >= 11 is 0. The van der Waals surface area contributed by atoms with Crippen molar-refractivity contribution < 1.29 is 14.6 Å². The standard InChI is InChI=1S/C10H9FN4O2/c11-8-3-1-2-6(7(8)4-12)10(17)9(16)5-14-15-13/h1-3,9-10,16-17H,5H2. The fourth-order valence-electron chi connectivity index (χ4n) is 1.33. The fraction of sp³-hybridized carbons (Fsp3) is 0.300. The van der Waals surface area contributed by atoms with Crippen molar-refractivity contribution in [3.05, 3.63) is 45.6 Å². The first kappa shape index (κ1) is 12.9. The van der Waals surface area contributed by atoms with E-state index in [1.165, 1.54) is 12.1 Å². The monoisotopic (exact) mass is 236 g/mol. The summed E-state index contributed by atoms with van der Waals surface area (Å²) in [5, 5.41) is 31.0. The van der Waals surface area contributed by atoms with E-state index in [2.05, 4.69) is 10.0 Å². The lowest BCUT2D eigenvalue weighted by molar-refractivity contribution is 0.0241. The Balaban J connectivity index is 3.04. The zero-order valence-electron chi connectivity index (χ0n) is 8.66. The van der Waals surface area contributed by atoms with Crippen LogP contribution in [0.25, 0.3) is 10.4 Å². The minimum atomic E-state index is -1.48. The molecule has 0 heterocycles. The van der Waals surface area contributed by atoms with Gasteiger partial charge in [0.05, 0.1) is 18.2 Å². The lowest BCUT2D eigenvalue weighted by atomic mass is 9.99. The number of hydrogen-bond donors (Lipinski definition) is 2. The molecule has 1 aromatic rings. The molecular weight excluding hydrogens is 227 g/mol. The maximum atomic E-state index is 13.2. The maximum absolute atomic E-state index is 13.2. The van der Waals surface area contributed by atoms with Crippen LogP contribution in [0.2, 0.25) is 0 Å². The van der Waals surface area contributed by atoms with Crippen molar-refractivity contribution >= 4 is 0 Å². The second-order valence-electron chi connectivity index (χ2n) is 3.24. The highest BCUT2D eigenvalue weighted by Gasteiger charge is 2.22. The molecule has 2 N–H and O–H groups in total. The van der Waals surface area contributed by atoms with Crippen molar-refractivity contribution in [1.29, 1.82) is 5.26 Å². The molecule has 0 saturated heterocycles. The van der Waals surface area contributed by atoms with Crippen LogP contribution in [0.5, 0.6) is 0 Å². The highest BCUT2D eigenvalue weighted by atomic mass is 19.1. The molecule has 7 heteroatoms. The first-order valence-electron chi connectivity index (χ1n) is 4.67. The van der Waals surface area contributed by atoms with Crippen LogP contribution in [0.1, 0.15) is 17.2 Å². The molecule has 0 spiro atoms. The van der Waals surface area contributed by atoms with Crippen molar-refractivity contribution in [1.82, 2.24) is 0 Å². The zero-order valence-corrected chi connectivity index (χ0v) is 8.66. The van der Waals surface area contributed by atoms with E-state index in [4.69, 9.17) is 10.8 Å². The SMILES string of the molecule is N#Cc1c(F)cccc1C(O)C(O)CN=[N+]=[N-]. The van der Waals surface area contributed by atoms with E-state index in [-0.39, 0.29) is 17.7 Å². The Hall–Kier alpha value is -2.13. The van der Waals surface area contributed by atoms with Gasteiger partial charge in [-0.1, -0.05) is 17.2 Å². The first-order chi connectivity index (χ1) is 8.11. The number of aliphatic hydroxyl groups is 2. The molecule has 0 fully saturated rings. The van der Waals surface area contributed by atoms with Gasteiger partial charge in [0.25, 0.3) is 0 Å². The largest absolute Gasteiger partial charge is 0.390 e. The van der Waals surface area contributed by atoms with E-state index in [1.807, 2.05) is 0 Å². The number of benzene rings is 1. The van der Waals surface area contributed by atoms with Crippen LogP contribution in [0, 0.1) is 17.1 Å². The molecule has 0 aliphatic rings. The number of halogens is 1. The Morgan fingerprint density at radius 1 is 1.53 bits per heavy atom. The summed E-state index contributed by atoms with van der Waals surface area (Å²) in [6, 6.07) is 5.32. The number of azide groups is 1. The van der Waals surface area contributed by atoms with Gasteiger partial charge in [0.2, 0.25) is 0 Å². The van der Waals surface area contributed by atoms with E-state index in [0.29, 0.717) is 0 Å². The molecule has 0 saturated carbocycles. The van der Waals surface area contributed by atoms with Crippen LogP contribution in [0.15, 0.2) is 23.3 Å². The van der Waals surface area contributed by atoms with E-state index < -0.39 is 18.0 Å². The molecule has 0 aromatic heterocycles. The van der Waals surface area contributed by atoms with Gasteiger partial charge in [-0.2, -0.15) is 5.26 Å². The Labute approximate surface area is 96.2 Å². The molecule has 0 amide bonds. The van der Waals surface area contributed by atoms with Crippen LogP contribution < -0.4 is 0 Å². The lowest BCUT2D eigenvalue weighted by Crippen LogP contribution is -2.22. The third kappa shape index (κ3) is 2.92. The topological polar surface area (TPSA) is 113 Å². The molecule has 1 rings (SSSR count).